The van der Waals surface area contributed by atoms with Gasteiger partial charge in [-0.15, -0.1) is 19.0 Å². The zero-order chi connectivity index (χ0) is 10.6. The van der Waals surface area contributed by atoms with Gasteiger partial charge in [0.2, 0.25) is 0 Å². The van der Waals surface area contributed by atoms with Crippen LogP contribution in [0.5, 0.6) is 0 Å². The lowest BCUT2D eigenvalue weighted by Crippen LogP contribution is -2.11. The van der Waals surface area contributed by atoms with E-state index in [9.17, 15) is 0 Å². The smallest absolute Gasteiger partial charge is 0.0456 e. The molecule has 0 saturated carbocycles. The lowest BCUT2D eigenvalue weighted by Gasteiger charge is -2.15. The number of aryl methyl sites for hydroxylation is 1. The van der Waals surface area contributed by atoms with Crippen LogP contribution in [0.1, 0.15) is 30.0 Å². The summed E-state index contributed by atoms with van der Waals surface area (Å²) in [4.78, 5) is 0. The van der Waals surface area contributed by atoms with Crippen molar-refractivity contribution in [2.45, 2.75) is 25.8 Å². The Hall–Kier alpha value is -0.500. The maximum absolute atomic E-state index is 6.10. The first kappa shape index (κ1) is 14.5. The molecule has 0 amide bonds. The maximum atomic E-state index is 6.10. The predicted octanol–water partition coefficient (Wildman–Crippen LogP) is 4.04. The molecule has 1 aromatic carbocycles. The zero-order valence-corrected chi connectivity index (χ0v) is 10.4. The molecule has 84 valence electrons. The number of nitrogens with two attached hydrogens (primary N) is 1. The molecule has 0 radical (unpaired) electrons. The van der Waals surface area contributed by atoms with Gasteiger partial charge >= 0.3 is 0 Å². The summed E-state index contributed by atoms with van der Waals surface area (Å²) >= 11 is 6.10. The van der Waals surface area contributed by atoms with Crippen molar-refractivity contribution in [3.63, 3.8) is 0 Å². The minimum absolute atomic E-state index is 0. The Morgan fingerprint density at radius 1 is 1.53 bits per heavy atom. The van der Waals surface area contributed by atoms with Gasteiger partial charge in [-0.05, 0) is 37.0 Å². The number of rotatable bonds is 4. The molecule has 0 heterocycles. The predicted molar refractivity (Wildman–Crippen MR) is 69.8 cm³/mol. The summed E-state index contributed by atoms with van der Waals surface area (Å²) in [6.07, 6.45) is 3.70. The van der Waals surface area contributed by atoms with E-state index in [0.717, 1.165) is 29.0 Å². The minimum atomic E-state index is 0. The van der Waals surface area contributed by atoms with Crippen LogP contribution in [0.4, 0.5) is 0 Å². The van der Waals surface area contributed by atoms with Crippen molar-refractivity contribution in [2.24, 2.45) is 5.73 Å². The van der Waals surface area contributed by atoms with E-state index in [4.69, 9.17) is 17.3 Å². The largest absolute Gasteiger partial charge is 0.324 e. The molecule has 1 rings (SSSR count). The highest BCUT2D eigenvalue weighted by Gasteiger charge is 2.11. The van der Waals surface area contributed by atoms with Crippen LogP contribution in [-0.2, 0) is 0 Å². The molecule has 0 spiro atoms. The van der Waals surface area contributed by atoms with Gasteiger partial charge in [-0.1, -0.05) is 29.8 Å². The lowest BCUT2D eigenvalue weighted by molar-refractivity contribution is 0.658. The summed E-state index contributed by atoms with van der Waals surface area (Å²) in [6.45, 7) is 5.72. The fourth-order valence-corrected chi connectivity index (χ4v) is 1.92. The Morgan fingerprint density at radius 3 is 2.73 bits per heavy atom. The molecule has 0 bridgehead atoms. The summed E-state index contributed by atoms with van der Waals surface area (Å²) in [6, 6.07) is 5.88. The van der Waals surface area contributed by atoms with E-state index < -0.39 is 0 Å². The van der Waals surface area contributed by atoms with Crippen LogP contribution in [0.15, 0.2) is 30.9 Å². The van der Waals surface area contributed by atoms with Gasteiger partial charge in [-0.25, -0.2) is 0 Å². The van der Waals surface area contributed by atoms with E-state index >= 15 is 0 Å². The fourth-order valence-electron chi connectivity index (χ4n) is 1.56. The summed E-state index contributed by atoms with van der Waals surface area (Å²) in [5.41, 5.74) is 8.28. The Bertz CT molecular complexity index is 303. The topological polar surface area (TPSA) is 26.0 Å². The number of benzene rings is 1. The minimum Gasteiger partial charge on any atom is -0.324 e. The highest BCUT2D eigenvalue weighted by molar-refractivity contribution is 6.31. The third kappa shape index (κ3) is 3.86. The van der Waals surface area contributed by atoms with E-state index in [1.807, 2.05) is 31.2 Å². The molecule has 0 unspecified atom stereocenters. The molecule has 0 aliphatic heterocycles. The summed E-state index contributed by atoms with van der Waals surface area (Å²) in [7, 11) is 0. The molecule has 1 atom stereocenters. The first-order valence-electron chi connectivity index (χ1n) is 4.78. The molecule has 0 aliphatic carbocycles. The Kier molecular flexibility index (Phi) is 6.66. The van der Waals surface area contributed by atoms with Gasteiger partial charge in [0.1, 0.15) is 0 Å². The molecule has 0 fully saturated rings. The standard InChI is InChI=1S/C12H16ClN.ClH/c1-3-4-8-11(14)12-9(2)6-5-7-10(12)13;/h3,5-7,11H,1,4,8,14H2,2H3;1H/t11-;/m0./s1. The van der Waals surface area contributed by atoms with Gasteiger partial charge in [0, 0.05) is 11.1 Å². The van der Waals surface area contributed by atoms with Crippen molar-refractivity contribution < 1.29 is 0 Å². The van der Waals surface area contributed by atoms with Crippen LogP contribution in [0.2, 0.25) is 5.02 Å². The Labute approximate surface area is 103 Å². The van der Waals surface area contributed by atoms with E-state index in [0.29, 0.717) is 0 Å². The molecule has 0 aromatic heterocycles. The Morgan fingerprint density at radius 2 is 2.20 bits per heavy atom. The second kappa shape index (κ2) is 6.89. The van der Waals surface area contributed by atoms with Crippen LogP contribution in [-0.4, -0.2) is 0 Å². The van der Waals surface area contributed by atoms with Gasteiger partial charge in [0.25, 0.3) is 0 Å². The summed E-state index contributed by atoms with van der Waals surface area (Å²) in [5, 5.41) is 0.765. The zero-order valence-electron chi connectivity index (χ0n) is 8.87. The molecular formula is C12H17Cl2N. The highest BCUT2D eigenvalue weighted by Crippen LogP contribution is 2.27. The first-order chi connectivity index (χ1) is 6.66. The normalized spacial score (nSPS) is 11.7. The van der Waals surface area contributed by atoms with Crippen molar-refractivity contribution in [3.05, 3.63) is 47.0 Å². The SMILES string of the molecule is C=CCC[C@H](N)c1c(C)cccc1Cl.Cl. The molecule has 1 nitrogen and oxygen atoms in total. The molecule has 15 heavy (non-hydrogen) atoms. The lowest BCUT2D eigenvalue weighted by atomic mass is 9.98. The van der Waals surface area contributed by atoms with Crippen LogP contribution < -0.4 is 5.73 Å². The number of allylic oxidation sites excluding steroid dienone is 1. The number of halogens is 2. The molecular weight excluding hydrogens is 229 g/mol. The first-order valence-corrected chi connectivity index (χ1v) is 5.16. The molecule has 3 heteroatoms. The van der Waals surface area contributed by atoms with Gasteiger partial charge in [0.05, 0.1) is 0 Å². The average molecular weight is 246 g/mol. The van der Waals surface area contributed by atoms with E-state index in [-0.39, 0.29) is 18.4 Å². The van der Waals surface area contributed by atoms with Crippen molar-refractivity contribution in [2.75, 3.05) is 0 Å². The highest BCUT2D eigenvalue weighted by atomic mass is 35.5. The van der Waals surface area contributed by atoms with Crippen LogP contribution in [0.3, 0.4) is 0 Å². The van der Waals surface area contributed by atoms with E-state index in [2.05, 4.69) is 6.58 Å². The van der Waals surface area contributed by atoms with Crippen LogP contribution >= 0.6 is 24.0 Å². The third-order valence-electron chi connectivity index (χ3n) is 2.32. The van der Waals surface area contributed by atoms with Crippen molar-refractivity contribution >= 4 is 24.0 Å². The summed E-state index contributed by atoms with van der Waals surface area (Å²) < 4.78 is 0. The maximum Gasteiger partial charge on any atom is 0.0456 e. The molecule has 0 aliphatic rings. The van der Waals surface area contributed by atoms with Crippen molar-refractivity contribution in [1.29, 1.82) is 0 Å². The molecule has 0 saturated heterocycles. The van der Waals surface area contributed by atoms with Crippen LogP contribution in [0.25, 0.3) is 0 Å². The fraction of sp³-hybridized carbons (Fsp3) is 0.333. The second-order valence-corrected chi connectivity index (χ2v) is 3.85. The monoisotopic (exact) mass is 245 g/mol. The van der Waals surface area contributed by atoms with Gasteiger partial charge in [0.15, 0.2) is 0 Å². The van der Waals surface area contributed by atoms with E-state index in [1.54, 1.807) is 0 Å². The van der Waals surface area contributed by atoms with E-state index in [1.165, 1.54) is 0 Å². The van der Waals surface area contributed by atoms with Crippen molar-refractivity contribution in [1.82, 2.24) is 0 Å². The second-order valence-electron chi connectivity index (χ2n) is 3.44. The Balaban J connectivity index is 0.00000196. The number of hydrogen-bond donors (Lipinski definition) is 1. The number of hydrogen-bond acceptors (Lipinski definition) is 1. The third-order valence-corrected chi connectivity index (χ3v) is 2.65. The van der Waals surface area contributed by atoms with Gasteiger partial charge in [-0.2, -0.15) is 0 Å². The van der Waals surface area contributed by atoms with Gasteiger partial charge in [-0.3, -0.25) is 0 Å². The molecule has 2 N–H and O–H groups in total. The molecule has 1 aromatic rings. The summed E-state index contributed by atoms with van der Waals surface area (Å²) in [5.74, 6) is 0. The van der Waals surface area contributed by atoms with Crippen molar-refractivity contribution in [3.8, 4) is 0 Å². The average Bonchev–Trinajstić information content (AvgIpc) is 2.14. The quantitative estimate of drug-likeness (QED) is 0.797. The van der Waals surface area contributed by atoms with Crippen LogP contribution in [0, 0.1) is 6.92 Å². The van der Waals surface area contributed by atoms with Gasteiger partial charge < -0.3 is 5.73 Å².